The third-order valence-corrected chi connectivity index (χ3v) is 2.86. The van der Waals surface area contributed by atoms with Crippen LogP contribution in [0.1, 0.15) is 32.6 Å². The Labute approximate surface area is 91.5 Å². The molecule has 1 aliphatic heterocycles. The summed E-state index contributed by atoms with van der Waals surface area (Å²) >= 11 is 0. The maximum Gasteiger partial charge on any atom is 0.223 e. The van der Waals surface area contributed by atoms with Gasteiger partial charge in [0.05, 0.1) is 0 Å². The van der Waals surface area contributed by atoms with E-state index in [0.29, 0.717) is 12.6 Å². The van der Waals surface area contributed by atoms with Crippen LogP contribution >= 0.6 is 0 Å². The maximum atomic E-state index is 11.7. The first-order valence-electron chi connectivity index (χ1n) is 5.82. The zero-order valence-electron chi connectivity index (χ0n) is 9.50. The Kier molecular flexibility index (Phi) is 5.65. The molecule has 88 valence electrons. The molecule has 4 heteroatoms. The van der Waals surface area contributed by atoms with Crippen LogP contribution in [0.15, 0.2) is 0 Å². The van der Waals surface area contributed by atoms with Crippen LogP contribution in [0.4, 0.5) is 0 Å². The minimum Gasteiger partial charge on any atom is -0.381 e. The van der Waals surface area contributed by atoms with Crippen molar-refractivity contribution >= 4 is 5.91 Å². The van der Waals surface area contributed by atoms with Gasteiger partial charge in [-0.25, -0.2) is 0 Å². The lowest BCUT2D eigenvalue weighted by Crippen LogP contribution is -2.41. The molecule has 0 aromatic rings. The number of nitrogens with one attached hydrogen (secondary N) is 1. The summed E-state index contributed by atoms with van der Waals surface area (Å²) in [5, 5.41) is 3.07. The van der Waals surface area contributed by atoms with Crippen LogP contribution in [0.3, 0.4) is 0 Å². The molecule has 3 N–H and O–H groups in total. The van der Waals surface area contributed by atoms with Gasteiger partial charge in [-0.2, -0.15) is 0 Å². The van der Waals surface area contributed by atoms with E-state index in [1.165, 1.54) is 0 Å². The molecule has 1 fully saturated rings. The molecule has 4 nitrogen and oxygen atoms in total. The number of ether oxygens (including phenoxy) is 1. The monoisotopic (exact) mass is 214 g/mol. The first-order valence-corrected chi connectivity index (χ1v) is 5.82. The van der Waals surface area contributed by atoms with Gasteiger partial charge in [-0.3, -0.25) is 4.79 Å². The molecule has 0 aromatic carbocycles. The van der Waals surface area contributed by atoms with Crippen molar-refractivity contribution in [3.63, 3.8) is 0 Å². The number of hydrogen-bond acceptors (Lipinski definition) is 3. The van der Waals surface area contributed by atoms with E-state index in [1.807, 2.05) is 6.92 Å². The SMILES string of the molecule is CC(CCCN)C(=O)NC1CCOCC1. The standard InChI is InChI=1S/C11H22N2O2/c1-9(3-2-6-12)11(14)13-10-4-7-15-8-5-10/h9-10H,2-8,12H2,1H3,(H,13,14). The fraction of sp³-hybridized carbons (Fsp3) is 0.909. The molecule has 1 aliphatic rings. The number of carbonyl (C=O) groups excluding carboxylic acids is 1. The van der Waals surface area contributed by atoms with E-state index in [9.17, 15) is 4.79 Å². The highest BCUT2D eigenvalue weighted by molar-refractivity contribution is 5.78. The van der Waals surface area contributed by atoms with Crippen molar-refractivity contribution in [1.82, 2.24) is 5.32 Å². The Morgan fingerprint density at radius 3 is 2.80 bits per heavy atom. The largest absolute Gasteiger partial charge is 0.381 e. The van der Waals surface area contributed by atoms with E-state index in [2.05, 4.69) is 5.32 Å². The van der Waals surface area contributed by atoms with Crippen LogP contribution in [0.5, 0.6) is 0 Å². The maximum absolute atomic E-state index is 11.7. The topological polar surface area (TPSA) is 64.4 Å². The lowest BCUT2D eigenvalue weighted by atomic mass is 10.0. The van der Waals surface area contributed by atoms with Crippen LogP contribution in [0.2, 0.25) is 0 Å². The van der Waals surface area contributed by atoms with Crippen molar-refractivity contribution in [2.75, 3.05) is 19.8 Å². The fourth-order valence-electron chi connectivity index (χ4n) is 1.74. The zero-order chi connectivity index (χ0) is 11.1. The lowest BCUT2D eigenvalue weighted by Gasteiger charge is -2.24. The molecule has 0 radical (unpaired) electrons. The smallest absolute Gasteiger partial charge is 0.223 e. The first-order chi connectivity index (χ1) is 7.24. The molecule has 1 rings (SSSR count). The predicted molar refractivity (Wildman–Crippen MR) is 59.4 cm³/mol. The first kappa shape index (κ1) is 12.5. The van der Waals surface area contributed by atoms with Crippen LogP contribution in [0, 0.1) is 5.92 Å². The van der Waals surface area contributed by atoms with Crippen molar-refractivity contribution in [2.24, 2.45) is 11.7 Å². The summed E-state index contributed by atoms with van der Waals surface area (Å²) < 4.78 is 5.24. The number of amides is 1. The van der Waals surface area contributed by atoms with E-state index in [1.54, 1.807) is 0 Å². The summed E-state index contributed by atoms with van der Waals surface area (Å²) in [5.41, 5.74) is 5.41. The van der Waals surface area contributed by atoms with Gasteiger partial charge < -0.3 is 15.8 Å². The molecular weight excluding hydrogens is 192 g/mol. The molecule has 1 heterocycles. The molecule has 15 heavy (non-hydrogen) atoms. The second-order valence-corrected chi connectivity index (χ2v) is 4.23. The molecule has 0 aliphatic carbocycles. The highest BCUT2D eigenvalue weighted by Crippen LogP contribution is 2.09. The number of nitrogens with two attached hydrogens (primary N) is 1. The Morgan fingerprint density at radius 2 is 2.20 bits per heavy atom. The number of rotatable bonds is 5. The van der Waals surface area contributed by atoms with Crippen LogP contribution < -0.4 is 11.1 Å². The Hall–Kier alpha value is -0.610. The van der Waals surface area contributed by atoms with Crippen molar-refractivity contribution in [3.8, 4) is 0 Å². The van der Waals surface area contributed by atoms with Crippen LogP contribution in [-0.2, 0) is 9.53 Å². The minimum absolute atomic E-state index is 0.0800. The Bertz CT molecular complexity index is 191. The highest BCUT2D eigenvalue weighted by Gasteiger charge is 2.19. The van der Waals surface area contributed by atoms with Gasteiger partial charge in [0.15, 0.2) is 0 Å². The fourth-order valence-corrected chi connectivity index (χ4v) is 1.74. The van der Waals surface area contributed by atoms with Crippen molar-refractivity contribution in [1.29, 1.82) is 0 Å². The summed E-state index contributed by atoms with van der Waals surface area (Å²) in [7, 11) is 0. The van der Waals surface area contributed by atoms with E-state index in [4.69, 9.17) is 10.5 Å². The van der Waals surface area contributed by atoms with E-state index < -0.39 is 0 Å². The van der Waals surface area contributed by atoms with E-state index in [0.717, 1.165) is 38.9 Å². The number of hydrogen-bond donors (Lipinski definition) is 2. The molecule has 1 atom stereocenters. The van der Waals surface area contributed by atoms with Crippen LogP contribution in [-0.4, -0.2) is 31.7 Å². The summed E-state index contributed by atoms with van der Waals surface area (Å²) in [6.45, 7) is 4.16. The average molecular weight is 214 g/mol. The molecule has 1 saturated heterocycles. The van der Waals surface area contributed by atoms with Gasteiger partial charge in [0.1, 0.15) is 0 Å². The third-order valence-electron chi connectivity index (χ3n) is 2.86. The van der Waals surface area contributed by atoms with Crippen LogP contribution in [0.25, 0.3) is 0 Å². The van der Waals surface area contributed by atoms with E-state index >= 15 is 0 Å². The molecule has 1 amide bonds. The van der Waals surface area contributed by atoms with Gasteiger partial charge in [-0.05, 0) is 32.2 Å². The zero-order valence-corrected chi connectivity index (χ0v) is 9.50. The Balaban J connectivity index is 2.20. The highest BCUT2D eigenvalue weighted by atomic mass is 16.5. The molecule has 0 aromatic heterocycles. The molecule has 0 saturated carbocycles. The molecule has 0 bridgehead atoms. The van der Waals surface area contributed by atoms with Gasteiger partial charge in [-0.15, -0.1) is 0 Å². The second-order valence-electron chi connectivity index (χ2n) is 4.23. The van der Waals surface area contributed by atoms with Gasteiger partial charge in [-0.1, -0.05) is 6.92 Å². The van der Waals surface area contributed by atoms with Gasteiger partial charge in [0, 0.05) is 25.2 Å². The van der Waals surface area contributed by atoms with Gasteiger partial charge >= 0.3 is 0 Å². The third kappa shape index (κ3) is 4.62. The summed E-state index contributed by atoms with van der Waals surface area (Å²) in [5.74, 6) is 0.242. The van der Waals surface area contributed by atoms with Crippen molar-refractivity contribution < 1.29 is 9.53 Å². The normalized spacial score (nSPS) is 19.9. The molecule has 1 unspecified atom stereocenters. The van der Waals surface area contributed by atoms with Crippen molar-refractivity contribution in [3.05, 3.63) is 0 Å². The quantitative estimate of drug-likeness (QED) is 0.706. The summed E-state index contributed by atoms with van der Waals surface area (Å²) in [6.07, 6.45) is 3.68. The van der Waals surface area contributed by atoms with Gasteiger partial charge in [0.25, 0.3) is 0 Å². The summed E-state index contributed by atoms with van der Waals surface area (Å²) in [4.78, 5) is 11.7. The van der Waals surface area contributed by atoms with E-state index in [-0.39, 0.29) is 11.8 Å². The summed E-state index contributed by atoms with van der Waals surface area (Å²) in [6, 6.07) is 0.312. The average Bonchev–Trinajstić information content (AvgIpc) is 2.27. The lowest BCUT2D eigenvalue weighted by molar-refractivity contribution is -0.126. The molecule has 0 spiro atoms. The number of carbonyl (C=O) groups is 1. The Morgan fingerprint density at radius 1 is 1.53 bits per heavy atom. The minimum atomic E-state index is 0.0800. The second kappa shape index (κ2) is 6.80. The van der Waals surface area contributed by atoms with Gasteiger partial charge in [0.2, 0.25) is 5.91 Å². The van der Waals surface area contributed by atoms with Crippen molar-refractivity contribution in [2.45, 2.75) is 38.6 Å². The predicted octanol–water partition coefficient (Wildman–Crippen LogP) is 0.657. The molecular formula is C11H22N2O2.